The first-order chi connectivity index (χ1) is 8.33. The van der Waals surface area contributed by atoms with Crippen molar-refractivity contribution in [1.29, 1.82) is 0 Å². The number of hydrogen-bond donors (Lipinski definition) is 2. The van der Waals surface area contributed by atoms with Crippen molar-refractivity contribution in [2.24, 2.45) is 0 Å². The van der Waals surface area contributed by atoms with Crippen LogP contribution in [-0.2, 0) is 10.0 Å². The number of nitrogens with zero attached hydrogens (tertiary/aromatic N) is 2. The molecule has 9 heteroatoms. The zero-order valence-corrected chi connectivity index (χ0v) is 10.4. The first kappa shape index (κ1) is 14.5. The maximum atomic E-state index is 11.7. The van der Waals surface area contributed by atoms with Crippen LogP contribution in [0.2, 0.25) is 0 Å². The summed E-state index contributed by atoms with van der Waals surface area (Å²) in [7, 11) is -3.74. The topological polar surface area (TPSA) is 122 Å². The SMILES string of the molecule is CC(O)CCNS(=O)(=O)c1ccc([N+](=O)[O-])nc1. The second-order valence-corrected chi connectivity index (χ2v) is 5.41. The van der Waals surface area contributed by atoms with E-state index in [9.17, 15) is 18.5 Å². The quantitative estimate of drug-likeness (QED) is 0.558. The fraction of sp³-hybridized carbons (Fsp3) is 0.444. The highest BCUT2D eigenvalue weighted by Gasteiger charge is 2.17. The molecule has 1 unspecified atom stereocenters. The van der Waals surface area contributed by atoms with Crippen molar-refractivity contribution >= 4 is 15.8 Å². The molecular formula is C9H13N3O5S. The van der Waals surface area contributed by atoms with E-state index in [4.69, 9.17) is 5.11 Å². The Hall–Kier alpha value is -1.58. The van der Waals surface area contributed by atoms with Gasteiger partial charge >= 0.3 is 5.82 Å². The molecule has 1 heterocycles. The fourth-order valence-electron chi connectivity index (χ4n) is 1.12. The van der Waals surface area contributed by atoms with Gasteiger partial charge in [0.25, 0.3) is 0 Å². The minimum absolute atomic E-state index is 0.0803. The molecule has 0 fully saturated rings. The maximum absolute atomic E-state index is 11.7. The highest BCUT2D eigenvalue weighted by Crippen LogP contribution is 2.11. The van der Waals surface area contributed by atoms with Crippen molar-refractivity contribution in [3.63, 3.8) is 0 Å². The van der Waals surface area contributed by atoms with Gasteiger partial charge in [-0.15, -0.1) is 0 Å². The molecule has 18 heavy (non-hydrogen) atoms. The number of rotatable bonds is 6. The number of hydrogen-bond acceptors (Lipinski definition) is 6. The first-order valence-corrected chi connectivity index (χ1v) is 6.59. The van der Waals surface area contributed by atoms with Crippen LogP contribution in [-0.4, -0.2) is 36.1 Å². The van der Waals surface area contributed by atoms with Crippen molar-refractivity contribution in [3.05, 3.63) is 28.4 Å². The molecule has 1 rings (SSSR count). The second-order valence-electron chi connectivity index (χ2n) is 3.64. The predicted molar refractivity (Wildman–Crippen MR) is 62.4 cm³/mol. The van der Waals surface area contributed by atoms with Crippen molar-refractivity contribution in [1.82, 2.24) is 9.71 Å². The zero-order chi connectivity index (χ0) is 13.8. The monoisotopic (exact) mass is 275 g/mol. The lowest BCUT2D eigenvalue weighted by atomic mass is 10.3. The number of aliphatic hydroxyl groups is 1. The van der Waals surface area contributed by atoms with E-state index < -0.39 is 26.9 Å². The van der Waals surface area contributed by atoms with Gasteiger partial charge in [-0.25, -0.2) is 13.1 Å². The Morgan fingerprint density at radius 2 is 2.22 bits per heavy atom. The van der Waals surface area contributed by atoms with E-state index in [1.807, 2.05) is 0 Å². The van der Waals surface area contributed by atoms with Crippen LogP contribution in [0.25, 0.3) is 0 Å². The average Bonchev–Trinajstić information content (AvgIpc) is 2.28. The normalized spacial score (nSPS) is 13.2. The van der Waals surface area contributed by atoms with Crippen molar-refractivity contribution in [2.75, 3.05) is 6.54 Å². The van der Waals surface area contributed by atoms with Crippen LogP contribution in [0.5, 0.6) is 0 Å². The Morgan fingerprint density at radius 1 is 1.56 bits per heavy atom. The summed E-state index contributed by atoms with van der Waals surface area (Å²) in [4.78, 5) is 12.9. The number of nitro groups is 1. The van der Waals surface area contributed by atoms with Crippen molar-refractivity contribution < 1.29 is 18.4 Å². The van der Waals surface area contributed by atoms with Gasteiger partial charge in [0.15, 0.2) is 6.20 Å². The number of nitrogens with one attached hydrogen (secondary N) is 1. The number of pyridine rings is 1. The molecule has 8 nitrogen and oxygen atoms in total. The average molecular weight is 275 g/mol. The summed E-state index contributed by atoms with van der Waals surface area (Å²) in [5, 5.41) is 19.4. The Kier molecular flexibility index (Phi) is 4.70. The highest BCUT2D eigenvalue weighted by molar-refractivity contribution is 7.89. The molecule has 0 radical (unpaired) electrons. The molecular weight excluding hydrogens is 262 g/mol. The minimum atomic E-state index is -3.74. The summed E-state index contributed by atoms with van der Waals surface area (Å²) in [6, 6.07) is 2.12. The van der Waals surface area contributed by atoms with E-state index in [0.29, 0.717) is 0 Å². The standard InChI is InChI=1S/C9H13N3O5S/c1-7(13)4-5-11-18(16,17)8-2-3-9(10-6-8)12(14)15/h2-3,6-7,11,13H,4-5H2,1H3. The first-order valence-electron chi connectivity index (χ1n) is 5.11. The van der Waals surface area contributed by atoms with Gasteiger partial charge in [-0.3, -0.25) is 0 Å². The molecule has 1 aromatic rings. The summed E-state index contributed by atoms with van der Waals surface area (Å²) in [5.41, 5.74) is 0. The van der Waals surface area contributed by atoms with Gasteiger partial charge in [0, 0.05) is 12.6 Å². The molecule has 0 bridgehead atoms. The molecule has 0 saturated carbocycles. The van der Waals surface area contributed by atoms with Gasteiger partial charge in [0.1, 0.15) is 4.90 Å². The summed E-state index contributed by atoms with van der Waals surface area (Å²) < 4.78 is 25.6. The maximum Gasteiger partial charge on any atom is 0.363 e. The molecule has 0 aliphatic carbocycles. The molecule has 0 amide bonds. The van der Waals surface area contributed by atoms with Crippen molar-refractivity contribution in [2.45, 2.75) is 24.3 Å². The lowest BCUT2D eigenvalue weighted by Crippen LogP contribution is -2.26. The van der Waals surface area contributed by atoms with Crippen LogP contribution in [0, 0.1) is 10.1 Å². The third kappa shape index (κ3) is 4.02. The van der Waals surface area contributed by atoms with Gasteiger partial charge in [0.05, 0.1) is 6.10 Å². The molecule has 0 aliphatic heterocycles. The van der Waals surface area contributed by atoms with Crippen molar-refractivity contribution in [3.8, 4) is 0 Å². The molecule has 0 aliphatic rings. The fourth-order valence-corrected chi connectivity index (χ4v) is 2.12. The van der Waals surface area contributed by atoms with Gasteiger partial charge in [0.2, 0.25) is 10.0 Å². The van der Waals surface area contributed by atoms with Gasteiger partial charge in [-0.2, -0.15) is 0 Å². The van der Waals surface area contributed by atoms with Crippen LogP contribution in [0.4, 0.5) is 5.82 Å². The highest BCUT2D eigenvalue weighted by atomic mass is 32.2. The third-order valence-corrected chi connectivity index (χ3v) is 3.52. The largest absolute Gasteiger partial charge is 0.393 e. The van der Waals surface area contributed by atoms with Crippen LogP contribution in [0.3, 0.4) is 0 Å². The molecule has 100 valence electrons. The van der Waals surface area contributed by atoms with Gasteiger partial charge in [-0.1, -0.05) is 0 Å². The van der Waals surface area contributed by atoms with Crippen LogP contribution in [0.15, 0.2) is 23.2 Å². The third-order valence-electron chi connectivity index (χ3n) is 2.07. The Labute approximate surface area is 104 Å². The van der Waals surface area contributed by atoms with Gasteiger partial charge in [-0.05, 0) is 29.3 Å². The smallest absolute Gasteiger partial charge is 0.363 e. The molecule has 0 spiro atoms. The molecule has 0 saturated heterocycles. The lowest BCUT2D eigenvalue weighted by molar-refractivity contribution is -0.389. The number of aromatic nitrogens is 1. The van der Waals surface area contributed by atoms with E-state index in [-0.39, 0.29) is 17.9 Å². The Balaban J connectivity index is 2.76. The Morgan fingerprint density at radius 3 is 2.67 bits per heavy atom. The number of aliphatic hydroxyl groups excluding tert-OH is 1. The summed E-state index contributed by atoms with van der Waals surface area (Å²) in [5.74, 6) is -0.419. The van der Waals surface area contributed by atoms with E-state index in [0.717, 1.165) is 18.3 Å². The number of sulfonamides is 1. The zero-order valence-electron chi connectivity index (χ0n) is 9.61. The van der Waals surface area contributed by atoms with E-state index in [1.54, 1.807) is 6.92 Å². The summed E-state index contributed by atoms with van der Waals surface area (Å²) in [6.45, 7) is 1.62. The molecule has 0 aromatic carbocycles. The second kappa shape index (κ2) is 5.85. The Bertz CT molecular complexity index is 512. The van der Waals surface area contributed by atoms with Gasteiger partial charge < -0.3 is 15.2 Å². The summed E-state index contributed by atoms with van der Waals surface area (Å²) in [6.07, 6.45) is 0.588. The predicted octanol–water partition coefficient (Wildman–Crippen LogP) is 0.0390. The van der Waals surface area contributed by atoms with Crippen LogP contribution < -0.4 is 4.72 Å². The van der Waals surface area contributed by atoms with E-state index in [1.165, 1.54) is 0 Å². The molecule has 2 N–H and O–H groups in total. The van der Waals surface area contributed by atoms with Crippen LogP contribution >= 0.6 is 0 Å². The van der Waals surface area contributed by atoms with Crippen LogP contribution in [0.1, 0.15) is 13.3 Å². The van der Waals surface area contributed by atoms with E-state index >= 15 is 0 Å². The summed E-state index contributed by atoms with van der Waals surface area (Å²) >= 11 is 0. The molecule has 1 aromatic heterocycles. The van der Waals surface area contributed by atoms with E-state index in [2.05, 4.69) is 9.71 Å². The molecule has 1 atom stereocenters. The minimum Gasteiger partial charge on any atom is -0.393 e. The lowest BCUT2D eigenvalue weighted by Gasteiger charge is -2.06.